The lowest BCUT2D eigenvalue weighted by Crippen LogP contribution is -2.43. The molecule has 0 spiro atoms. The highest BCUT2D eigenvalue weighted by atomic mass is 32.2. The molecule has 1 amide bonds. The Morgan fingerprint density at radius 1 is 1.28 bits per heavy atom. The zero-order chi connectivity index (χ0) is 13.4. The van der Waals surface area contributed by atoms with Crippen molar-refractivity contribution in [3.63, 3.8) is 0 Å². The van der Waals surface area contributed by atoms with Crippen LogP contribution in [0.2, 0.25) is 0 Å². The van der Waals surface area contributed by atoms with Gasteiger partial charge < -0.3 is 15.5 Å². The van der Waals surface area contributed by atoms with Crippen molar-refractivity contribution in [2.24, 2.45) is 0 Å². The summed E-state index contributed by atoms with van der Waals surface area (Å²) in [6.07, 6.45) is 0.212. The lowest BCUT2D eigenvalue weighted by atomic mass is 10.3. The molecule has 6 heteroatoms. The van der Waals surface area contributed by atoms with Crippen molar-refractivity contribution in [1.29, 1.82) is 0 Å². The number of hydrogen-bond donors (Lipinski definition) is 3. The number of hydrogen-bond acceptors (Lipinski definition) is 4. The molecule has 0 unspecified atom stereocenters. The monoisotopic (exact) mass is 269 g/mol. The number of carboxylic acid groups (broad SMARTS) is 1. The van der Waals surface area contributed by atoms with E-state index in [0.717, 1.165) is 4.90 Å². The third kappa shape index (κ3) is 5.20. The van der Waals surface area contributed by atoms with Crippen LogP contribution in [0.15, 0.2) is 35.2 Å². The van der Waals surface area contributed by atoms with Gasteiger partial charge in [-0.2, -0.15) is 0 Å². The lowest BCUT2D eigenvalue weighted by molar-refractivity contribution is -0.142. The van der Waals surface area contributed by atoms with Gasteiger partial charge in [0.15, 0.2) is 0 Å². The Hall–Kier alpha value is -1.53. The normalized spacial score (nSPS) is 11.8. The molecular weight excluding hydrogens is 254 g/mol. The third-order valence-corrected chi connectivity index (χ3v) is 3.17. The highest BCUT2D eigenvalue weighted by Gasteiger charge is 2.18. The Morgan fingerprint density at radius 3 is 2.50 bits per heavy atom. The Kier molecular flexibility index (Phi) is 6.24. The minimum atomic E-state index is -1.23. The summed E-state index contributed by atoms with van der Waals surface area (Å²) in [4.78, 5) is 23.0. The second kappa shape index (κ2) is 7.73. The van der Waals surface area contributed by atoms with Crippen molar-refractivity contribution < 1.29 is 19.8 Å². The summed E-state index contributed by atoms with van der Waals surface area (Å²) in [6, 6.07) is 8.39. The van der Waals surface area contributed by atoms with Crippen LogP contribution in [-0.4, -0.2) is 40.5 Å². The van der Waals surface area contributed by atoms with Gasteiger partial charge in [0.2, 0.25) is 5.91 Å². The van der Waals surface area contributed by atoms with E-state index < -0.39 is 18.6 Å². The first-order chi connectivity index (χ1) is 8.63. The SMILES string of the molecule is O=C(CCSc1ccccc1)N[C@@H](CO)C(=O)O. The maximum Gasteiger partial charge on any atom is 0.328 e. The molecule has 0 radical (unpaired) electrons. The molecule has 3 N–H and O–H groups in total. The summed E-state index contributed by atoms with van der Waals surface area (Å²) in [5, 5.41) is 19.6. The van der Waals surface area contributed by atoms with Gasteiger partial charge in [-0.05, 0) is 12.1 Å². The Morgan fingerprint density at radius 2 is 1.94 bits per heavy atom. The minimum Gasteiger partial charge on any atom is -0.480 e. The molecule has 0 saturated carbocycles. The van der Waals surface area contributed by atoms with Crippen LogP contribution in [-0.2, 0) is 9.59 Å². The number of thioether (sulfide) groups is 1. The van der Waals surface area contributed by atoms with Crippen molar-refractivity contribution in [2.45, 2.75) is 17.4 Å². The molecule has 18 heavy (non-hydrogen) atoms. The molecular formula is C12H15NO4S. The Balaban J connectivity index is 2.27. The van der Waals surface area contributed by atoms with E-state index in [2.05, 4.69) is 5.32 Å². The van der Waals surface area contributed by atoms with Gasteiger partial charge in [-0.1, -0.05) is 18.2 Å². The van der Waals surface area contributed by atoms with Crippen molar-refractivity contribution >= 4 is 23.6 Å². The third-order valence-electron chi connectivity index (χ3n) is 2.16. The number of benzene rings is 1. The molecule has 0 aliphatic carbocycles. The van der Waals surface area contributed by atoms with Crippen LogP contribution in [0.3, 0.4) is 0 Å². The summed E-state index contributed by atoms with van der Waals surface area (Å²) < 4.78 is 0. The largest absolute Gasteiger partial charge is 0.480 e. The molecule has 0 aliphatic rings. The van der Waals surface area contributed by atoms with Crippen molar-refractivity contribution in [1.82, 2.24) is 5.32 Å². The van der Waals surface area contributed by atoms with Crippen LogP contribution < -0.4 is 5.32 Å². The number of carbonyl (C=O) groups excluding carboxylic acids is 1. The summed E-state index contributed by atoms with van der Waals surface area (Å²) in [7, 11) is 0. The molecule has 1 aromatic carbocycles. The number of nitrogens with one attached hydrogen (secondary N) is 1. The Labute approximate surface area is 109 Å². The zero-order valence-electron chi connectivity index (χ0n) is 9.70. The summed E-state index contributed by atoms with van der Waals surface area (Å²) in [5.74, 6) is -1.05. The second-order valence-electron chi connectivity index (χ2n) is 3.55. The van der Waals surface area contributed by atoms with E-state index in [4.69, 9.17) is 10.2 Å². The molecule has 0 saturated heterocycles. The fourth-order valence-electron chi connectivity index (χ4n) is 1.23. The number of aliphatic hydroxyl groups excluding tert-OH is 1. The van der Waals surface area contributed by atoms with Crippen molar-refractivity contribution in [2.75, 3.05) is 12.4 Å². The van der Waals surface area contributed by atoms with E-state index in [1.165, 1.54) is 11.8 Å². The fourth-order valence-corrected chi connectivity index (χ4v) is 2.10. The van der Waals surface area contributed by atoms with Crippen LogP contribution in [0.25, 0.3) is 0 Å². The lowest BCUT2D eigenvalue weighted by Gasteiger charge is -2.11. The van der Waals surface area contributed by atoms with E-state index in [9.17, 15) is 9.59 Å². The first-order valence-corrected chi connectivity index (χ1v) is 6.43. The van der Waals surface area contributed by atoms with Gasteiger partial charge in [-0.25, -0.2) is 4.79 Å². The predicted molar refractivity (Wildman–Crippen MR) is 68.4 cm³/mol. The quantitative estimate of drug-likeness (QED) is 0.635. The van der Waals surface area contributed by atoms with Crippen LogP contribution in [0.1, 0.15) is 6.42 Å². The van der Waals surface area contributed by atoms with E-state index >= 15 is 0 Å². The fraction of sp³-hybridized carbons (Fsp3) is 0.333. The molecule has 0 bridgehead atoms. The number of amides is 1. The number of carbonyl (C=O) groups is 2. The van der Waals surface area contributed by atoms with Crippen LogP contribution in [0.5, 0.6) is 0 Å². The summed E-state index contributed by atoms with van der Waals surface area (Å²) >= 11 is 1.52. The molecule has 0 aromatic heterocycles. The first kappa shape index (κ1) is 14.5. The van der Waals surface area contributed by atoms with E-state index in [1.54, 1.807) is 0 Å². The smallest absolute Gasteiger partial charge is 0.328 e. The first-order valence-electron chi connectivity index (χ1n) is 5.44. The molecule has 1 atom stereocenters. The summed E-state index contributed by atoms with van der Waals surface area (Å²) in [5.41, 5.74) is 0. The Bertz CT molecular complexity index is 396. The van der Waals surface area contributed by atoms with Gasteiger partial charge in [0, 0.05) is 17.1 Å². The zero-order valence-corrected chi connectivity index (χ0v) is 10.5. The van der Waals surface area contributed by atoms with Gasteiger partial charge in [0.1, 0.15) is 6.04 Å². The molecule has 5 nitrogen and oxygen atoms in total. The molecule has 1 rings (SSSR count). The van der Waals surface area contributed by atoms with Gasteiger partial charge in [0.25, 0.3) is 0 Å². The number of rotatable bonds is 7. The van der Waals surface area contributed by atoms with Crippen LogP contribution in [0, 0.1) is 0 Å². The summed E-state index contributed by atoms with van der Waals surface area (Å²) in [6.45, 7) is -0.604. The molecule has 0 aliphatic heterocycles. The predicted octanol–water partition coefficient (Wildman–Crippen LogP) is 0.731. The number of aliphatic carboxylic acids is 1. The average molecular weight is 269 g/mol. The maximum atomic E-state index is 11.4. The van der Waals surface area contributed by atoms with Crippen LogP contribution >= 0.6 is 11.8 Å². The van der Waals surface area contributed by atoms with Gasteiger partial charge >= 0.3 is 5.97 Å². The van der Waals surface area contributed by atoms with E-state index in [0.29, 0.717) is 5.75 Å². The molecule has 0 heterocycles. The number of aliphatic hydroxyl groups is 1. The van der Waals surface area contributed by atoms with Gasteiger partial charge in [-0.3, -0.25) is 4.79 Å². The standard InChI is InChI=1S/C12H15NO4S/c14-8-10(12(16)17)13-11(15)6-7-18-9-4-2-1-3-5-9/h1-5,10,14H,6-8H2,(H,13,15)(H,16,17)/t10-/m0/s1. The molecule has 1 aromatic rings. The van der Waals surface area contributed by atoms with Gasteiger partial charge in [0.05, 0.1) is 6.61 Å². The van der Waals surface area contributed by atoms with E-state index in [1.807, 2.05) is 30.3 Å². The maximum absolute atomic E-state index is 11.4. The highest BCUT2D eigenvalue weighted by Crippen LogP contribution is 2.17. The van der Waals surface area contributed by atoms with E-state index in [-0.39, 0.29) is 12.3 Å². The van der Waals surface area contributed by atoms with Crippen LogP contribution in [0.4, 0.5) is 0 Å². The number of carboxylic acids is 1. The van der Waals surface area contributed by atoms with Gasteiger partial charge in [-0.15, -0.1) is 11.8 Å². The van der Waals surface area contributed by atoms with Crippen molar-refractivity contribution in [3.05, 3.63) is 30.3 Å². The minimum absolute atomic E-state index is 0.212. The topological polar surface area (TPSA) is 86.6 Å². The highest BCUT2D eigenvalue weighted by molar-refractivity contribution is 7.99. The molecule has 98 valence electrons. The average Bonchev–Trinajstić information content (AvgIpc) is 2.37. The van der Waals surface area contributed by atoms with Crippen molar-refractivity contribution in [3.8, 4) is 0 Å². The molecule has 0 fully saturated rings. The second-order valence-corrected chi connectivity index (χ2v) is 4.72.